The van der Waals surface area contributed by atoms with Crippen LogP contribution in [0.15, 0.2) is 24.3 Å². The molecule has 7 heteroatoms. The maximum absolute atomic E-state index is 12.2. The number of benzene rings is 1. The average molecular weight is 365 g/mol. The number of hydrogen-bond acceptors (Lipinski definition) is 4. The number of thioether (sulfide) groups is 1. The highest BCUT2D eigenvalue weighted by Crippen LogP contribution is 2.26. The first-order valence-electron chi connectivity index (χ1n) is 7.06. The van der Waals surface area contributed by atoms with Crippen LogP contribution in [0, 0.1) is 0 Å². The number of nitrogens with zero attached hydrogens (tertiary/aromatic N) is 1. The molecular formula is C15H22Cl2N2O2S. The van der Waals surface area contributed by atoms with E-state index in [0.717, 1.165) is 12.2 Å². The van der Waals surface area contributed by atoms with Crippen LogP contribution in [0.1, 0.15) is 12.8 Å². The van der Waals surface area contributed by atoms with Crippen LogP contribution < -0.4 is 10.5 Å². The third-order valence-electron chi connectivity index (χ3n) is 3.54. The van der Waals surface area contributed by atoms with Crippen molar-refractivity contribution in [2.24, 2.45) is 5.73 Å². The Morgan fingerprint density at radius 3 is 2.95 bits per heavy atom. The first-order valence-corrected chi connectivity index (χ1v) is 8.83. The van der Waals surface area contributed by atoms with Gasteiger partial charge in [0.1, 0.15) is 11.9 Å². The molecule has 2 unspecified atom stereocenters. The van der Waals surface area contributed by atoms with Crippen molar-refractivity contribution in [1.29, 1.82) is 0 Å². The molecule has 4 nitrogen and oxygen atoms in total. The van der Waals surface area contributed by atoms with E-state index < -0.39 is 6.04 Å². The van der Waals surface area contributed by atoms with Crippen LogP contribution in [-0.2, 0) is 4.79 Å². The van der Waals surface area contributed by atoms with Gasteiger partial charge in [-0.05, 0) is 30.6 Å². The average Bonchev–Trinajstić information content (AvgIpc) is 2.95. The van der Waals surface area contributed by atoms with Gasteiger partial charge in [0.2, 0.25) is 5.91 Å². The van der Waals surface area contributed by atoms with Crippen LogP contribution in [0.2, 0.25) is 5.02 Å². The Morgan fingerprint density at radius 1 is 1.55 bits per heavy atom. The van der Waals surface area contributed by atoms with Gasteiger partial charge in [0, 0.05) is 13.0 Å². The van der Waals surface area contributed by atoms with Crippen LogP contribution in [-0.4, -0.2) is 48.1 Å². The number of likely N-dealkylation sites (tertiary alicyclic amines) is 1. The molecule has 0 saturated carbocycles. The lowest BCUT2D eigenvalue weighted by molar-refractivity contribution is -0.131. The minimum atomic E-state index is -0.406. The fraction of sp³-hybridized carbons (Fsp3) is 0.533. The van der Waals surface area contributed by atoms with E-state index >= 15 is 0 Å². The number of halogens is 2. The van der Waals surface area contributed by atoms with Crippen molar-refractivity contribution < 1.29 is 9.53 Å². The van der Waals surface area contributed by atoms with Crippen LogP contribution >= 0.6 is 35.8 Å². The molecule has 1 aromatic rings. The third kappa shape index (κ3) is 5.23. The lowest BCUT2D eigenvalue weighted by Crippen LogP contribution is -2.43. The molecule has 0 aromatic heterocycles. The van der Waals surface area contributed by atoms with Gasteiger partial charge in [-0.1, -0.05) is 23.7 Å². The van der Waals surface area contributed by atoms with Gasteiger partial charge in [-0.3, -0.25) is 4.79 Å². The number of para-hydroxylation sites is 1. The number of ether oxygens (including phenoxy) is 1. The molecule has 1 aliphatic rings. The minimum Gasteiger partial charge on any atom is -0.487 e. The number of carbonyl (C=O) groups is 1. The number of rotatable bonds is 6. The Bertz CT molecular complexity index is 490. The SMILES string of the molecule is CSCCC(N)C(=O)N1CCC(Oc2ccccc2Cl)C1.Cl. The highest BCUT2D eigenvalue weighted by molar-refractivity contribution is 7.98. The Hall–Kier alpha value is -0.620. The Labute approximate surface area is 147 Å². The van der Waals surface area contributed by atoms with Gasteiger partial charge in [-0.25, -0.2) is 0 Å². The zero-order chi connectivity index (χ0) is 15.2. The van der Waals surface area contributed by atoms with Gasteiger partial charge in [-0.15, -0.1) is 12.4 Å². The van der Waals surface area contributed by atoms with Gasteiger partial charge in [-0.2, -0.15) is 11.8 Å². The van der Waals surface area contributed by atoms with Crippen molar-refractivity contribution in [3.63, 3.8) is 0 Å². The van der Waals surface area contributed by atoms with E-state index in [0.29, 0.717) is 30.3 Å². The zero-order valence-electron chi connectivity index (χ0n) is 12.5. The molecule has 1 aromatic carbocycles. The van der Waals surface area contributed by atoms with E-state index in [1.54, 1.807) is 22.7 Å². The van der Waals surface area contributed by atoms with Crippen LogP contribution in [0.5, 0.6) is 5.75 Å². The van der Waals surface area contributed by atoms with Gasteiger partial charge in [0.15, 0.2) is 0 Å². The van der Waals surface area contributed by atoms with Crippen molar-refractivity contribution in [1.82, 2.24) is 4.90 Å². The largest absolute Gasteiger partial charge is 0.487 e. The topological polar surface area (TPSA) is 55.6 Å². The highest BCUT2D eigenvalue weighted by Gasteiger charge is 2.30. The van der Waals surface area contributed by atoms with Crippen molar-refractivity contribution in [2.75, 3.05) is 25.1 Å². The molecule has 0 aliphatic carbocycles. The molecular weight excluding hydrogens is 343 g/mol. The van der Waals surface area contributed by atoms with E-state index in [1.165, 1.54) is 0 Å². The Morgan fingerprint density at radius 2 is 2.27 bits per heavy atom. The summed E-state index contributed by atoms with van der Waals surface area (Å²) in [4.78, 5) is 14.0. The molecule has 22 heavy (non-hydrogen) atoms. The lowest BCUT2D eigenvalue weighted by Gasteiger charge is -2.21. The van der Waals surface area contributed by atoms with Crippen molar-refractivity contribution in [3.8, 4) is 5.75 Å². The summed E-state index contributed by atoms with van der Waals surface area (Å²) in [7, 11) is 0. The molecule has 1 amide bonds. The monoisotopic (exact) mass is 364 g/mol. The Kier molecular flexibility index (Phi) is 8.39. The summed E-state index contributed by atoms with van der Waals surface area (Å²) < 4.78 is 5.88. The molecule has 1 fully saturated rings. The molecule has 1 heterocycles. The molecule has 0 bridgehead atoms. The van der Waals surface area contributed by atoms with E-state index in [4.69, 9.17) is 22.1 Å². The molecule has 1 saturated heterocycles. The first-order chi connectivity index (χ1) is 10.1. The zero-order valence-corrected chi connectivity index (χ0v) is 14.9. The standard InChI is InChI=1S/C15H21ClN2O2S.ClH/c1-21-9-7-13(17)15(19)18-8-6-11(10-18)20-14-5-3-2-4-12(14)16;/h2-5,11,13H,6-10,17H2,1H3;1H. The molecule has 2 atom stereocenters. The fourth-order valence-corrected chi connectivity index (χ4v) is 3.02. The predicted molar refractivity (Wildman–Crippen MR) is 95.3 cm³/mol. The van der Waals surface area contributed by atoms with Gasteiger partial charge in [0.05, 0.1) is 17.6 Å². The lowest BCUT2D eigenvalue weighted by atomic mass is 10.2. The molecule has 2 N–H and O–H groups in total. The van der Waals surface area contributed by atoms with Crippen molar-refractivity contribution in [2.45, 2.75) is 25.0 Å². The predicted octanol–water partition coefficient (Wildman–Crippen LogP) is 2.82. The van der Waals surface area contributed by atoms with Crippen molar-refractivity contribution >= 4 is 41.7 Å². The van der Waals surface area contributed by atoms with Gasteiger partial charge in [0.25, 0.3) is 0 Å². The molecule has 1 aliphatic heterocycles. The first kappa shape index (κ1) is 19.4. The summed E-state index contributed by atoms with van der Waals surface area (Å²) in [6.45, 7) is 1.28. The van der Waals surface area contributed by atoms with Gasteiger partial charge < -0.3 is 15.4 Å². The highest BCUT2D eigenvalue weighted by atomic mass is 35.5. The third-order valence-corrected chi connectivity index (χ3v) is 4.49. The smallest absolute Gasteiger partial charge is 0.239 e. The number of amides is 1. The second-order valence-electron chi connectivity index (χ2n) is 5.13. The van der Waals surface area contributed by atoms with Gasteiger partial charge >= 0.3 is 0 Å². The number of nitrogens with two attached hydrogens (primary N) is 1. The summed E-state index contributed by atoms with van der Waals surface area (Å²) in [5, 5.41) is 0.596. The fourth-order valence-electron chi connectivity index (χ4n) is 2.35. The van der Waals surface area contributed by atoms with Crippen molar-refractivity contribution in [3.05, 3.63) is 29.3 Å². The normalized spacial score (nSPS) is 18.7. The summed E-state index contributed by atoms with van der Waals surface area (Å²) in [5.41, 5.74) is 5.94. The summed E-state index contributed by atoms with van der Waals surface area (Å²) in [6.07, 6.45) is 3.53. The molecule has 2 rings (SSSR count). The Balaban J connectivity index is 0.00000242. The quantitative estimate of drug-likeness (QED) is 0.842. The van der Waals surface area contributed by atoms with E-state index in [-0.39, 0.29) is 24.4 Å². The second-order valence-corrected chi connectivity index (χ2v) is 6.52. The second kappa shape index (κ2) is 9.50. The maximum Gasteiger partial charge on any atom is 0.239 e. The summed E-state index contributed by atoms with van der Waals surface area (Å²) >= 11 is 7.79. The van der Waals surface area contributed by atoms with Crippen LogP contribution in [0.3, 0.4) is 0 Å². The van der Waals surface area contributed by atoms with E-state index in [1.807, 2.05) is 24.5 Å². The van der Waals surface area contributed by atoms with Crippen LogP contribution in [0.4, 0.5) is 0 Å². The van der Waals surface area contributed by atoms with E-state index in [2.05, 4.69) is 0 Å². The molecule has 0 radical (unpaired) electrons. The summed E-state index contributed by atoms with van der Waals surface area (Å²) in [5.74, 6) is 1.60. The van der Waals surface area contributed by atoms with Crippen LogP contribution in [0.25, 0.3) is 0 Å². The minimum absolute atomic E-state index is 0. The molecule has 124 valence electrons. The van der Waals surface area contributed by atoms with E-state index in [9.17, 15) is 4.79 Å². The number of hydrogen-bond donors (Lipinski definition) is 1. The maximum atomic E-state index is 12.2. The molecule has 0 spiro atoms. The number of carbonyl (C=O) groups excluding carboxylic acids is 1. The summed E-state index contributed by atoms with van der Waals surface area (Å²) in [6, 6.07) is 6.99.